The largest absolute Gasteiger partial charge is 0.349 e. The van der Waals surface area contributed by atoms with Gasteiger partial charge in [-0.05, 0) is 25.0 Å². The molecule has 0 saturated heterocycles. The molecule has 1 fully saturated rings. The Morgan fingerprint density at radius 3 is 2.82 bits per heavy atom. The molecular formula is C12H18N4O. The molecule has 1 aliphatic carbocycles. The molecule has 1 saturated carbocycles. The Kier molecular flexibility index (Phi) is 3.68. The number of hydrogen-bond acceptors (Lipinski definition) is 4. The molecule has 92 valence electrons. The van der Waals surface area contributed by atoms with Crippen molar-refractivity contribution in [1.29, 1.82) is 0 Å². The summed E-state index contributed by atoms with van der Waals surface area (Å²) in [5.74, 6) is -0.0668. The van der Waals surface area contributed by atoms with Crippen LogP contribution in [-0.2, 0) is 11.3 Å². The van der Waals surface area contributed by atoms with E-state index in [0.717, 1.165) is 31.4 Å². The SMILES string of the molecule is NC1(C(=O)NCc2cccnn2)CCCCC1. The molecule has 0 atom stereocenters. The van der Waals surface area contributed by atoms with Crippen molar-refractivity contribution >= 4 is 5.91 Å². The second kappa shape index (κ2) is 5.23. The molecule has 5 heteroatoms. The Morgan fingerprint density at radius 1 is 1.41 bits per heavy atom. The van der Waals surface area contributed by atoms with Gasteiger partial charge in [-0.2, -0.15) is 10.2 Å². The minimum absolute atomic E-state index is 0.0668. The fourth-order valence-corrected chi connectivity index (χ4v) is 2.18. The van der Waals surface area contributed by atoms with Crippen molar-refractivity contribution in [3.05, 3.63) is 24.0 Å². The van der Waals surface area contributed by atoms with Crippen molar-refractivity contribution in [2.75, 3.05) is 0 Å². The average Bonchev–Trinajstić information content (AvgIpc) is 2.38. The van der Waals surface area contributed by atoms with E-state index in [9.17, 15) is 4.79 Å². The van der Waals surface area contributed by atoms with Crippen LogP contribution in [0.2, 0.25) is 0 Å². The van der Waals surface area contributed by atoms with Crippen molar-refractivity contribution in [3.8, 4) is 0 Å². The topological polar surface area (TPSA) is 80.9 Å². The zero-order valence-corrected chi connectivity index (χ0v) is 9.85. The molecule has 1 heterocycles. The number of aromatic nitrogens is 2. The Labute approximate surface area is 101 Å². The second-order valence-electron chi connectivity index (χ2n) is 4.61. The molecule has 0 unspecified atom stereocenters. The van der Waals surface area contributed by atoms with E-state index in [1.165, 1.54) is 6.42 Å². The van der Waals surface area contributed by atoms with Gasteiger partial charge in [0.15, 0.2) is 0 Å². The normalized spacial score (nSPS) is 18.6. The summed E-state index contributed by atoms with van der Waals surface area (Å²) >= 11 is 0. The summed E-state index contributed by atoms with van der Waals surface area (Å²) in [6.45, 7) is 0.394. The van der Waals surface area contributed by atoms with Crippen LogP contribution in [0, 0.1) is 0 Å². The van der Waals surface area contributed by atoms with Gasteiger partial charge in [-0.25, -0.2) is 0 Å². The Balaban J connectivity index is 1.88. The molecular weight excluding hydrogens is 216 g/mol. The molecule has 0 aromatic carbocycles. The molecule has 2 rings (SSSR count). The van der Waals surface area contributed by atoms with Gasteiger partial charge in [0.25, 0.3) is 0 Å². The summed E-state index contributed by atoms with van der Waals surface area (Å²) in [5, 5.41) is 10.5. The maximum atomic E-state index is 12.0. The maximum absolute atomic E-state index is 12.0. The smallest absolute Gasteiger partial charge is 0.240 e. The minimum Gasteiger partial charge on any atom is -0.349 e. The standard InChI is InChI=1S/C12H18N4O/c13-12(6-2-1-3-7-12)11(17)14-9-10-5-4-8-15-16-10/h4-5,8H,1-3,6-7,9,13H2,(H,14,17). The van der Waals surface area contributed by atoms with Gasteiger partial charge in [0, 0.05) is 6.20 Å². The highest BCUT2D eigenvalue weighted by molar-refractivity contribution is 5.86. The van der Waals surface area contributed by atoms with Crippen LogP contribution in [0.3, 0.4) is 0 Å². The molecule has 0 bridgehead atoms. The molecule has 0 radical (unpaired) electrons. The lowest BCUT2D eigenvalue weighted by atomic mass is 9.82. The summed E-state index contributed by atoms with van der Waals surface area (Å²) in [6.07, 6.45) is 6.41. The van der Waals surface area contributed by atoms with E-state index in [1.54, 1.807) is 12.3 Å². The molecule has 3 N–H and O–H groups in total. The van der Waals surface area contributed by atoms with Gasteiger partial charge in [-0.15, -0.1) is 0 Å². The van der Waals surface area contributed by atoms with Crippen molar-refractivity contribution < 1.29 is 4.79 Å². The van der Waals surface area contributed by atoms with Crippen LogP contribution in [0.1, 0.15) is 37.8 Å². The summed E-state index contributed by atoms with van der Waals surface area (Å²) < 4.78 is 0. The van der Waals surface area contributed by atoms with E-state index in [4.69, 9.17) is 5.73 Å². The molecule has 17 heavy (non-hydrogen) atoms. The summed E-state index contributed by atoms with van der Waals surface area (Å²) in [5.41, 5.74) is 6.19. The first-order valence-electron chi connectivity index (χ1n) is 6.04. The Hall–Kier alpha value is -1.49. The average molecular weight is 234 g/mol. The number of carbonyl (C=O) groups is 1. The van der Waals surface area contributed by atoms with Gasteiger partial charge < -0.3 is 11.1 Å². The van der Waals surface area contributed by atoms with Crippen LogP contribution in [0.4, 0.5) is 0 Å². The Bertz CT molecular complexity index is 373. The summed E-state index contributed by atoms with van der Waals surface area (Å²) in [6, 6.07) is 3.63. The van der Waals surface area contributed by atoms with Crippen molar-refractivity contribution in [3.63, 3.8) is 0 Å². The maximum Gasteiger partial charge on any atom is 0.240 e. The van der Waals surface area contributed by atoms with E-state index in [-0.39, 0.29) is 5.91 Å². The first kappa shape index (κ1) is 12.0. The van der Waals surface area contributed by atoms with Crippen LogP contribution in [0.15, 0.2) is 18.3 Å². The van der Waals surface area contributed by atoms with Gasteiger partial charge in [-0.3, -0.25) is 4.79 Å². The van der Waals surface area contributed by atoms with Gasteiger partial charge in [0.2, 0.25) is 5.91 Å². The molecule has 1 aliphatic rings. The molecule has 1 aromatic rings. The summed E-state index contributed by atoms with van der Waals surface area (Å²) in [4.78, 5) is 12.0. The lowest BCUT2D eigenvalue weighted by molar-refractivity contribution is -0.127. The van der Waals surface area contributed by atoms with Crippen LogP contribution in [-0.4, -0.2) is 21.6 Å². The predicted molar refractivity (Wildman–Crippen MR) is 63.9 cm³/mol. The van der Waals surface area contributed by atoms with Crippen molar-refractivity contribution in [2.24, 2.45) is 5.73 Å². The third-order valence-corrected chi connectivity index (χ3v) is 3.26. The molecule has 0 spiro atoms. The number of rotatable bonds is 3. The number of amides is 1. The van der Waals surface area contributed by atoms with Crippen LogP contribution >= 0.6 is 0 Å². The number of carbonyl (C=O) groups excluding carboxylic acids is 1. The zero-order chi connectivity index (χ0) is 12.1. The predicted octanol–water partition coefficient (Wildman–Crippen LogP) is 0.754. The molecule has 5 nitrogen and oxygen atoms in total. The highest BCUT2D eigenvalue weighted by Gasteiger charge is 2.34. The molecule has 0 aliphatic heterocycles. The number of hydrogen-bond donors (Lipinski definition) is 2. The van der Waals surface area contributed by atoms with Crippen LogP contribution in [0.5, 0.6) is 0 Å². The third-order valence-electron chi connectivity index (χ3n) is 3.26. The fraction of sp³-hybridized carbons (Fsp3) is 0.583. The van der Waals surface area contributed by atoms with Crippen LogP contribution < -0.4 is 11.1 Å². The first-order chi connectivity index (χ1) is 8.21. The van der Waals surface area contributed by atoms with E-state index in [2.05, 4.69) is 15.5 Å². The lowest BCUT2D eigenvalue weighted by Crippen LogP contribution is -2.54. The quantitative estimate of drug-likeness (QED) is 0.808. The number of nitrogens with two attached hydrogens (primary N) is 1. The Morgan fingerprint density at radius 2 is 2.18 bits per heavy atom. The summed E-state index contributed by atoms with van der Waals surface area (Å²) in [7, 11) is 0. The minimum atomic E-state index is -0.680. The van der Waals surface area contributed by atoms with Crippen molar-refractivity contribution in [2.45, 2.75) is 44.2 Å². The van der Waals surface area contributed by atoms with Gasteiger partial charge in [0.05, 0.1) is 17.8 Å². The zero-order valence-electron chi connectivity index (χ0n) is 9.85. The van der Waals surface area contributed by atoms with Gasteiger partial charge in [-0.1, -0.05) is 19.3 Å². The highest BCUT2D eigenvalue weighted by atomic mass is 16.2. The van der Waals surface area contributed by atoms with E-state index in [0.29, 0.717) is 6.54 Å². The number of nitrogens with one attached hydrogen (secondary N) is 1. The van der Waals surface area contributed by atoms with Gasteiger partial charge in [0.1, 0.15) is 0 Å². The first-order valence-corrected chi connectivity index (χ1v) is 6.04. The molecule has 1 amide bonds. The second-order valence-corrected chi connectivity index (χ2v) is 4.61. The highest BCUT2D eigenvalue weighted by Crippen LogP contribution is 2.25. The van der Waals surface area contributed by atoms with Gasteiger partial charge >= 0.3 is 0 Å². The third kappa shape index (κ3) is 3.00. The molecule has 1 aromatic heterocycles. The van der Waals surface area contributed by atoms with E-state index < -0.39 is 5.54 Å². The van der Waals surface area contributed by atoms with Crippen LogP contribution in [0.25, 0.3) is 0 Å². The van der Waals surface area contributed by atoms with E-state index in [1.807, 2.05) is 6.07 Å². The monoisotopic (exact) mass is 234 g/mol. The fourth-order valence-electron chi connectivity index (χ4n) is 2.18. The van der Waals surface area contributed by atoms with Crippen molar-refractivity contribution in [1.82, 2.24) is 15.5 Å². The number of nitrogens with zero attached hydrogens (tertiary/aromatic N) is 2. The lowest BCUT2D eigenvalue weighted by Gasteiger charge is -2.31. The van der Waals surface area contributed by atoms with E-state index >= 15 is 0 Å².